The Morgan fingerprint density at radius 2 is 1.81 bits per heavy atom. The van der Waals surface area contributed by atoms with Gasteiger partial charge in [0.1, 0.15) is 36.4 Å². The summed E-state index contributed by atoms with van der Waals surface area (Å²) in [6, 6.07) is 15.9. The van der Waals surface area contributed by atoms with E-state index in [1.807, 2.05) is 42.5 Å². The number of para-hydroxylation sites is 1. The molecule has 1 saturated heterocycles. The first-order chi connectivity index (χ1) is 23.4. The van der Waals surface area contributed by atoms with Crippen LogP contribution in [0.15, 0.2) is 48.5 Å². The Balaban J connectivity index is 1.21. The largest absolute Gasteiger partial charge is 0.490 e. The van der Waals surface area contributed by atoms with Gasteiger partial charge in [-0.3, -0.25) is 4.79 Å². The number of benzene rings is 2. The van der Waals surface area contributed by atoms with Crippen LogP contribution in [0.25, 0.3) is 0 Å². The average molecular weight is 672 g/mol. The standard InChI is InChI=1S/C35H49N3O10/c1-43-19-7-17-36-18-21-44-32-16-11-26(22-30(32)36)25-45-33-24-37(34(40)10-5-6-20-46-38(41)42)23-31(39)35(33)48-29-14-12-28(13-15-29)47-27-8-3-2-4-9-27/h2-4,8-9,11,16,22,28-29,31,33,35,39H,5-7,10,12-15,17-21,23-25H2,1H3. The van der Waals surface area contributed by atoms with Gasteiger partial charge in [0.25, 0.3) is 5.09 Å². The minimum atomic E-state index is -0.933. The fraction of sp³-hybridized carbons (Fsp3) is 0.629. The van der Waals surface area contributed by atoms with Crippen LogP contribution >= 0.6 is 0 Å². The van der Waals surface area contributed by atoms with Crippen LogP contribution in [-0.2, 0) is 30.4 Å². The van der Waals surface area contributed by atoms with Gasteiger partial charge >= 0.3 is 0 Å². The third kappa shape index (κ3) is 10.4. The molecule has 3 aliphatic rings. The maximum Gasteiger partial charge on any atom is 0.294 e. The summed E-state index contributed by atoms with van der Waals surface area (Å²) in [4.78, 5) is 31.8. The molecule has 0 radical (unpaired) electrons. The van der Waals surface area contributed by atoms with Crippen LogP contribution in [0.3, 0.4) is 0 Å². The van der Waals surface area contributed by atoms with E-state index in [1.165, 1.54) is 0 Å². The number of β-amino-alcohol motifs (C(OH)–C–C–N with tert-alkyl or cyclic N) is 1. The number of amides is 1. The quantitative estimate of drug-likeness (QED) is 0.147. The van der Waals surface area contributed by atoms with Gasteiger partial charge in [-0.15, -0.1) is 10.1 Å². The predicted molar refractivity (Wildman–Crippen MR) is 177 cm³/mol. The molecule has 2 aromatic carbocycles. The molecule has 13 heteroatoms. The highest BCUT2D eigenvalue weighted by atomic mass is 16.9. The minimum Gasteiger partial charge on any atom is -0.490 e. The molecule has 264 valence electrons. The summed E-state index contributed by atoms with van der Waals surface area (Å²) in [5, 5.41) is 20.9. The van der Waals surface area contributed by atoms with E-state index in [9.17, 15) is 20.0 Å². The number of anilines is 1. The molecule has 2 heterocycles. The summed E-state index contributed by atoms with van der Waals surface area (Å²) in [6.45, 7) is 3.58. The molecule has 1 saturated carbocycles. The van der Waals surface area contributed by atoms with Crippen LogP contribution in [0.2, 0.25) is 0 Å². The Hall–Kier alpha value is -3.65. The molecule has 13 nitrogen and oxygen atoms in total. The Morgan fingerprint density at radius 3 is 2.58 bits per heavy atom. The van der Waals surface area contributed by atoms with E-state index < -0.39 is 23.4 Å². The topological polar surface area (TPSA) is 142 Å². The number of carbonyl (C=O) groups is 1. The molecular weight excluding hydrogens is 622 g/mol. The van der Waals surface area contributed by atoms with Crippen molar-refractivity contribution in [1.29, 1.82) is 0 Å². The summed E-state index contributed by atoms with van der Waals surface area (Å²) >= 11 is 0. The van der Waals surface area contributed by atoms with Crippen LogP contribution in [0, 0.1) is 10.1 Å². The number of likely N-dealkylation sites (tertiary alicyclic amines) is 1. The minimum absolute atomic E-state index is 0.0567. The smallest absolute Gasteiger partial charge is 0.294 e. The molecule has 3 atom stereocenters. The highest BCUT2D eigenvalue weighted by Gasteiger charge is 2.41. The van der Waals surface area contributed by atoms with E-state index >= 15 is 0 Å². The Kier molecular flexibility index (Phi) is 13.5. The molecule has 5 rings (SSSR count). The third-order valence-electron chi connectivity index (χ3n) is 9.13. The van der Waals surface area contributed by atoms with Crippen LogP contribution in [0.1, 0.15) is 56.9 Å². The number of piperidine rings is 1. The lowest BCUT2D eigenvalue weighted by molar-refractivity contribution is -0.757. The number of carbonyl (C=O) groups excluding carboxylic acids is 1. The molecule has 48 heavy (non-hydrogen) atoms. The lowest BCUT2D eigenvalue weighted by atomic mass is 9.93. The molecule has 1 amide bonds. The number of fused-ring (bicyclic) bond motifs is 1. The first-order valence-electron chi connectivity index (χ1n) is 17.1. The molecule has 2 fully saturated rings. The number of aliphatic hydroxyl groups is 1. The van der Waals surface area contributed by atoms with E-state index in [0.29, 0.717) is 26.1 Å². The summed E-state index contributed by atoms with van der Waals surface area (Å²) in [5.41, 5.74) is 1.97. The summed E-state index contributed by atoms with van der Waals surface area (Å²) in [6.07, 6.45) is 3.17. The number of hydrogen-bond donors (Lipinski definition) is 1. The van der Waals surface area contributed by atoms with Crippen molar-refractivity contribution in [3.63, 3.8) is 0 Å². The van der Waals surface area contributed by atoms with E-state index in [2.05, 4.69) is 15.8 Å². The van der Waals surface area contributed by atoms with Gasteiger partial charge < -0.3 is 43.4 Å². The van der Waals surface area contributed by atoms with Gasteiger partial charge in [-0.1, -0.05) is 24.3 Å². The Morgan fingerprint density at radius 1 is 1.02 bits per heavy atom. The first-order valence-corrected chi connectivity index (χ1v) is 17.1. The second-order valence-corrected chi connectivity index (χ2v) is 12.6. The lowest BCUT2D eigenvalue weighted by Gasteiger charge is -2.43. The number of rotatable bonds is 17. The number of aliphatic hydroxyl groups excluding tert-OH is 1. The molecule has 2 aliphatic heterocycles. The first kappa shape index (κ1) is 35.7. The van der Waals surface area contributed by atoms with Gasteiger partial charge in [0.2, 0.25) is 5.91 Å². The summed E-state index contributed by atoms with van der Waals surface area (Å²) in [5.74, 6) is 1.56. The number of ether oxygens (including phenoxy) is 5. The fourth-order valence-electron chi connectivity index (χ4n) is 6.62. The molecule has 0 aromatic heterocycles. The van der Waals surface area contributed by atoms with Crippen LogP contribution in [0.4, 0.5) is 5.69 Å². The van der Waals surface area contributed by atoms with Gasteiger partial charge in [-0.05, 0) is 74.8 Å². The zero-order valence-electron chi connectivity index (χ0n) is 27.8. The Bertz CT molecular complexity index is 1290. The van der Waals surface area contributed by atoms with Gasteiger partial charge in [0, 0.05) is 39.8 Å². The van der Waals surface area contributed by atoms with Gasteiger partial charge in [-0.2, -0.15) is 0 Å². The predicted octanol–water partition coefficient (Wildman–Crippen LogP) is 4.16. The Labute approximate surface area is 282 Å². The zero-order valence-corrected chi connectivity index (χ0v) is 27.8. The van der Waals surface area contributed by atoms with Crippen molar-refractivity contribution >= 4 is 11.6 Å². The highest BCUT2D eigenvalue weighted by molar-refractivity contribution is 5.76. The molecule has 0 spiro atoms. The fourth-order valence-corrected chi connectivity index (χ4v) is 6.62. The SMILES string of the molecule is COCCCN1CCOc2ccc(COC3CN(C(=O)CCCCO[N+](=O)[O-])CC(O)C3OC3CCC(Oc4ccccc4)CC3)cc21. The van der Waals surface area contributed by atoms with Gasteiger partial charge in [-0.25, -0.2) is 0 Å². The summed E-state index contributed by atoms with van der Waals surface area (Å²) < 4.78 is 30.4. The monoisotopic (exact) mass is 671 g/mol. The van der Waals surface area contributed by atoms with Gasteiger partial charge in [0.05, 0.1) is 37.7 Å². The van der Waals surface area contributed by atoms with Crippen molar-refractivity contribution in [3.8, 4) is 11.5 Å². The molecule has 2 aromatic rings. The second kappa shape index (κ2) is 18.2. The van der Waals surface area contributed by atoms with Gasteiger partial charge in [0.15, 0.2) is 0 Å². The molecule has 0 bridgehead atoms. The molecular formula is C35H49N3O10. The van der Waals surface area contributed by atoms with E-state index in [0.717, 1.165) is 67.9 Å². The van der Waals surface area contributed by atoms with E-state index in [1.54, 1.807) is 12.0 Å². The van der Waals surface area contributed by atoms with Crippen molar-refractivity contribution in [2.45, 2.75) is 88.5 Å². The number of hydrogen-bond acceptors (Lipinski definition) is 11. The van der Waals surface area contributed by atoms with Crippen LogP contribution < -0.4 is 14.4 Å². The van der Waals surface area contributed by atoms with Crippen LogP contribution in [0.5, 0.6) is 11.5 Å². The van der Waals surface area contributed by atoms with E-state index in [-0.39, 0.29) is 50.8 Å². The molecule has 1 aliphatic carbocycles. The third-order valence-corrected chi connectivity index (χ3v) is 9.13. The van der Waals surface area contributed by atoms with Crippen molar-refractivity contribution in [3.05, 3.63) is 64.2 Å². The lowest BCUT2D eigenvalue weighted by Crippen LogP contribution is -2.59. The summed E-state index contributed by atoms with van der Waals surface area (Å²) in [7, 11) is 1.70. The van der Waals surface area contributed by atoms with Crippen LogP contribution in [-0.4, -0.2) is 105 Å². The normalized spacial score (nSPS) is 24.0. The zero-order chi connectivity index (χ0) is 33.7. The number of nitrogens with zero attached hydrogens (tertiary/aromatic N) is 3. The maximum atomic E-state index is 13.1. The number of unbranched alkanes of at least 4 members (excludes halogenated alkanes) is 1. The van der Waals surface area contributed by atoms with Crippen molar-refractivity contribution in [2.24, 2.45) is 0 Å². The number of methoxy groups -OCH3 is 1. The maximum absolute atomic E-state index is 13.1. The average Bonchev–Trinajstić information content (AvgIpc) is 3.09. The molecule has 3 unspecified atom stereocenters. The molecule has 1 N–H and O–H groups in total. The van der Waals surface area contributed by atoms with Crippen molar-refractivity contribution in [2.75, 3.05) is 58.0 Å². The second-order valence-electron chi connectivity index (χ2n) is 12.6. The van der Waals surface area contributed by atoms with Crippen molar-refractivity contribution < 1.29 is 43.5 Å². The van der Waals surface area contributed by atoms with E-state index in [4.69, 9.17) is 23.7 Å². The van der Waals surface area contributed by atoms with Crippen molar-refractivity contribution in [1.82, 2.24) is 4.90 Å². The highest BCUT2D eigenvalue weighted by Crippen LogP contribution is 2.34.